The standard InChI is InChI=1S/C12H24N2O3/c1-10(15)9-14(2)12(16)5-8-17-11-3-6-13-7-4-11/h10-11,13,15H,3-9H2,1-2H3. The summed E-state index contributed by atoms with van der Waals surface area (Å²) in [5.41, 5.74) is 0. The summed E-state index contributed by atoms with van der Waals surface area (Å²) in [4.78, 5) is 13.2. The van der Waals surface area contributed by atoms with Crippen LogP contribution in [0.5, 0.6) is 0 Å². The van der Waals surface area contributed by atoms with Gasteiger partial charge in [0.25, 0.3) is 0 Å². The highest BCUT2D eigenvalue weighted by atomic mass is 16.5. The zero-order valence-electron chi connectivity index (χ0n) is 10.8. The lowest BCUT2D eigenvalue weighted by molar-refractivity contribution is -0.132. The van der Waals surface area contributed by atoms with Crippen molar-refractivity contribution in [3.63, 3.8) is 0 Å². The van der Waals surface area contributed by atoms with Crippen molar-refractivity contribution in [1.29, 1.82) is 0 Å². The normalized spacial score (nSPS) is 19.0. The van der Waals surface area contributed by atoms with Crippen LogP contribution in [0.25, 0.3) is 0 Å². The summed E-state index contributed by atoms with van der Waals surface area (Å²) in [5, 5.41) is 12.4. The topological polar surface area (TPSA) is 61.8 Å². The van der Waals surface area contributed by atoms with Crippen LogP contribution in [0.4, 0.5) is 0 Å². The van der Waals surface area contributed by atoms with E-state index in [-0.39, 0.29) is 5.91 Å². The van der Waals surface area contributed by atoms with Crippen LogP contribution >= 0.6 is 0 Å². The molecule has 1 amide bonds. The summed E-state index contributed by atoms with van der Waals surface area (Å²) in [6.45, 7) is 4.54. The Morgan fingerprint density at radius 1 is 1.53 bits per heavy atom. The van der Waals surface area contributed by atoms with E-state index in [1.54, 1.807) is 18.9 Å². The molecule has 5 nitrogen and oxygen atoms in total. The molecule has 1 aliphatic rings. The molecule has 1 fully saturated rings. The number of rotatable bonds is 6. The maximum atomic E-state index is 11.6. The minimum atomic E-state index is -0.478. The number of likely N-dealkylation sites (N-methyl/N-ethyl adjacent to an activating group) is 1. The van der Waals surface area contributed by atoms with E-state index in [9.17, 15) is 4.79 Å². The first kappa shape index (κ1) is 14.4. The molecule has 5 heteroatoms. The molecule has 0 aliphatic carbocycles. The monoisotopic (exact) mass is 244 g/mol. The maximum Gasteiger partial charge on any atom is 0.224 e. The third kappa shape index (κ3) is 6.00. The average molecular weight is 244 g/mol. The number of piperidine rings is 1. The summed E-state index contributed by atoms with van der Waals surface area (Å²) in [5.74, 6) is 0.0276. The number of aliphatic hydroxyl groups is 1. The van der Waals surface area contributed by atoms with Gasteiger partial charge in [0, 0.05) is 13.6 Å². The number of aliphatic hydroxyl groups excluding tert-OH is 1. The first-order chi connectivity index (χ1) is 8.09. The van der Waals surface area contributed by atoms with E-state index in [2.05, 4.69) is 5.32 Å². The number of carbonyl (C=O) groups excluding carboxylic acids is 1. The van der Waals surface area contributed by atoms with Crippen molar-refractivity contribution in [2.24, 2.45) is 0 Å². The van der Waals surface area contributed by atoms with Gasteiger partial charge in [-0.3, -0.25) is 4.79 Å². The largest absolute Gasteiger partial charge is 0.392 e. The molecule has 2 N–H and O–H groups in total. The van der Waals surface area contributed by atoms with Crippen LogP contribution in [-0.2, 0) is 9.53 Å². The molecule has 0 aromatic rings. The van der Waals surface area contributed by atoms with Gasteiger partial charge in [0.15, 0.2) is 0 Å². The minimum absolute atomic E-state index is 0.0276. The van der Waals surface area contributed by atoms with Gasteiger partial charge in [-0.1, -0.05) is 0 Å². The van der Waals surface area contributed by atoms with Crippen molar-refractivity contribution in [2.75, 3.05) is 33.3 Å². The number of nitrogens with one attached hydrogen (secondary N) is 1. The second-order valence-corrected chi connectivity index (χ2v) is 4.69. The molecule has 0 aromatic carbocycles. The van der Waals surface area contributed by atoms with E-state index >= 15 is 0 Å². The van der Waals surface area contributed by atoms with E-state index in [1.807, 2.05) is 0 Å². The van der Waals surface area contributed by atoms with Gasteiger partial charge in [-0.15, -0.1) is 0 Å². The molecule has 0 saturated carbocycles. The number of hydrogen-bond donors (Lipinski definition) is 2. The summed E-state index contributed by atoms with van der Waals surface area (Å²) in [6.07, 6.45) is 2.27. The Labute approximate surface area is 103 Å². The molecule has 17 heavy (non-hydrogen) atoms. The molecular weight excluding hydrogens is 220 g/mol. The Bertz CT molecular complexity index is 228. The number of amides is 1. The molecule has 0 radical (unpaired) electrons. The molecule has 0 aromatic heterocycles. The Kier molecular flexibility index (Phi) is 6.47. The van der Waals surface area contributed by atoms with Gasteiger partial charge in [-0.25, -0.2) is 0 Å². The number of ether oxygens (including phenoxy) is 1. The smallest absolute Gasteiger partial charge is 0.224 e. The lowest BCUT2D eigenvalue weighted by Crippen LogP contribution is -2.35. The van der Waals surface area contributed by atoms with Crippen LogP contribution in [0, 0.1) is 0 Å². The van der Waals surface area contributed by atoms with Gasteiger partial charge in [0.05, 0.1) is 25.2 Å². The molecule has 0 bridgehead atoms. The number of hydrogen-bond acceptors (Lipinski definition) is 4. The van der Waals surface area contributed by atoms with Crippen LogP contribution in [0.15, 0.2) is 0 Å². The SMILES string of the molecule is CC(O)CN(C)C(=O)CCOC1CCNCC1. The van der Waals surface area contributed by atoms with Gasteiger partial charge in [0.1, 0.15) is 0 Å². The second kappa shape index (κ2) is 7.63. The van der Waals surface area contributed by atoms with Crippen molar-refractivity contribution in [2.45, 2.75) is 38.4 Å². The van der Waals surface area contributed by atoms with Crippen LogP contribution in [0.2, 0.25) is 0 Å². The number of carbonyl (C=O) groups is 1. The zero-order chi connectivity index (χ0) is 12.7. The highest BCUT2D eigenvalue weighted by Gasteiger charge is 2.15. The van der Waals surface area contributed by atoms with E-state index in [4.69, 9.17) is 9.84 Å². The molecule has 1 rings (SSSR count). The number of nitrogens with zero attached hydrogens (tertiary/aromatic N) is 1. The average Bonchev–Trinajstić information content (AvgIpc) is 2.29. The predicted octanol–water partition coefficient (Wildman–Crippen LogP) is -0.0157. The van der Waals surface area contributed by atoms with E-state index < -0.39 is 6.10 Å². The van der Waals surface area contributed by atoms with Crippen molar-refractivity contribution < 1.29 is 14.6 Å². The zero-order valence-corrected chi connectivity index (χ0v) is 10.8. The fourth-order valence-corrected chi connectivity index (χ4v) is 1.96. The summed E-state index contributed by atoms with van der Waals surface area (Å²) in [7, 11) is 1.71. The minimum Gasteiger partial charge on any atom is -0.392 e. The fourth-order valence-electron chi connectivity index (χ4n) is 1.96. The summed E-state index contributed by atoms with van der Waals surface area (Å²) >= 11 is 0. The van der Waals surface area contributed by atoms with Crippen LogP contribution in [0.1, 0.15) is 26.2 Å². The van der Waals surface area contributed by atoms with Crippen molar-refractivity contribution in [3.8, 4) is 0 Å². The highest BCUT2D eigenvalue weighted by molar-refractivity contribution is 5.75. The lowest BCUT2D eigenvalue weighted by atomic mass is 10.1. The van der Waals surface area contributed by atoms with Gasteiger partial charge in [-0.05, 0) is 32.9 Å². The van der Waals surface area contributed by atoms with Gasteiger partial charge in [-0.2, -0.15) is 0 Å². The molecule has 100 valence electrons. The first-order valence-corrected chi connectivity index (χ1v) is 6.34. The third-order valence-electron chi connectivity index (χ3n) is 2.92. The molecule has 0 spiro atoms. The lowest BCUT2D eigenvalue weighted by Gasteiger charge is -2.23. The van der Waals surface area contributed by atoms with Crippen LogP contribution in [0.3, 0.4) is 0 Å². The Morgan fingerprint density at radius 3 is 2.76 bits per heavy atom. The first-order valence-electron chi connectivity index (χ1n) is 6.34. The van der Waals surface area contributed by atoms with Crippen molar-refractivity contribution in [1.82, 2.24) is 10.2 Å². The quantitative estimate of drug-likeness (QED) is 0.689. The highest BCUT2D eigenvalue weighted by Crippen LogP contribution is 2.07. The molecule has 1 aliphatic heterocycles. The van der Waals surface area contributed by atoms with Gasteiger partial charge < -0.3 is 20.1 Å². The fraction of sp³-hybridized carbons (Fsp3) is 0.917. The molecule has 1 atom stereocenters. The molecule has 1 heterocycles. The molecular formula is C12H24N2O3. The third-order valence-corrected chi connectivity index (χ3v) is 2.92. The molecule has 1 saturated heterocycles. The second-order valence-electron chi connectivity index (χ2n) is 4.69. The van der Waals surface area contributed by atoms with Crippen LogP contribution in [-0.4, -0.2) is 61.4 Å². The molecule has 1 unspecified atom stereocenters. The summed E-state index contributed by atoms with van der Waals surface area (Å²) in [6, 6.07) is 0. The van der Waals surface area contributed by atoms with Crippen LogP contribution < -0.4 is 5.32 Å². The Balaban J connectivity index is 2.10. The predicted molar refractivity (Wildman–Crippen MR) is 65.8 cm³/mol. The summed E-state index contributed by atoms with van der Waals surface area (Å²) < 4.78 is 5.66. The van der Waals surface area contributed by atoms with Crippen molar-refractivity contribution in [3.05, 3.63) is 0 Å². The van der Waals surface area contributed by atoms with Gasteiger partial charge in [0.2, 0.25) is 5.91 Å². The van der Waals surface area contributed by atoms with E-state index in [0.717, 1.165) is 25.9 Å². The van der Waals surface area contributed by atoms with Crippen molar-refractivity contribution >= 4 is 5.91 Å². The van der Waals surface area contributed by atoms with Gasteiger partial charge >= 0.3 is 0 Å². The van der Waals surface area contributed by atoms with E-state index in [1.165, 1.54) is 0 Å². The van der Waals surface area contributed by atoms with E-state index in [0.29, 0.717) is 25.7 Å². The Hall–Kier alpha value is -0.650. The Morgan fingerprint density at radius 2 is 2.18 bits per heavy atom. The maximum absolute atomic E-state index is 11.6.